The first-order chi connectivity index (χ1) is 7.80. The van der Waals surface area contributed by atoms with Crippen molar-refractivity contribution in [2.24, 2.45) is 0 Å². The zero-order chi connectivity index (χ0) is 11.8. The van der Waals surface area contributed by atoms with Gasteiger partial charge in [-0.3, -0.25) is 0 Å². The van der Waals surface area contributed by atoms with Gasteiger partial charge in [0.05, 0.1) is 0 Å². The van der Waals surface area contributed by atoms with E-state index in [0.29, 0.717) is 17.8 Å². The summed E-state index contributed by atoms with van der Waals surface area (Å²) in [5, 5.41) is 9.21. The molecule has 0 radical (unpaired) electrons. The highest BCUT2D eigenvalue weighted by Crippen LogP contribution is 2.08. The summed E-state index contributed by atoms with van der Waals surface area (Å²) in [6, 6.07) is 0. The number of anilines is 3. The summed E-state index contributed by atoms with van der Waals surface area (Å²) in [4.78, 5) is 12.7. The van der Waals surface area contributed by atoms with E-state index in [1.807, 2.05) is 0 Å². The van der Waals surface area contributed by atoms with E-state index in [2.05, 4.69) is 44.7 Å². The second-order valence-electron chi connectivity index (χ2n) is 3.41. The lowest BCUT2D eigenvalue weighted by atomic mass is 10.5. The van der Waals surface area contributed by atoms with Crippen molar-refractivity contribution >= 4 is 17.8 Å². The summed E-state index contributed by atoms with van der Waals surface area (Å²) < 4.78 is 0. The summed E-state index contributed by atoms with van der Waals surface area (Å²) >= 11 is 0. The summed E-state index contributed by atoms with van der Waals surface area (Å²) in [6.45, 7) is 5.92. The van der Waals surface area contributed by atoms with Crippen molar-refractivity contribution in [2.75, 3.05) is 36.1 Å². The highest BCUT2D eigenvalue weighted by atomic mass is 15.3. The Hall–Kier alpha value is -1.59. The molecule has 0 aliphatic rings. The highest BCUT2D eigenvalue weighted by molar-refractivity contribution is 5.41. The Kier molecular flexibility index (Phi) is 5.31. The highest BCUT2D eigenvalue weighted by Gasteiger charge is 2.03. The predicted octanol–water partition coefficient (Wildman–Crippen LogP) is 1.56. The van der Waals surface area contributed by atoms with Gasteiger partial charge in [-0.2, -0.15) is 15.0 Å². The van der Waals surface area contributed by atoms with Gasteiger partial charge in [-0.15, -0.1) is 0 Å². The van der Waals surface area contributed by atoms with Gasteiger partial charge >= 0.3 is 0 Å². The van der Waals surface area contributed by atoms with E-state index in [0.717, 1.165) is 25.9 Å². The fraction of sp³-hybridized carbons (Fsp3) is 0.700. The number of nitrogens with one attached hydrogen (secondary N) is 3. The largest absolute Gasteiger partial charge is 0.357 e. The standard InChI is InChI=1S/C10H20N6/c1-4-6-12-9-14-8(11-3)15-10(16-9)13-7-5-2/h4-7H2,1-3H3,(H3,11,12,13,14,15,16). The van der Waals surface area contributed by atoms with Crippen molar-refractivity contribution in [3.05, 3.63) is 0 Å². The van der Waals surface area contributed by atoms with Gasteiger partial charge in [-0.05, 0) is 12.8 Å². The molecule has 1 aromatic rings. The molecule has 0 aliphatic carbocycles. The third-order valence-electron chi connectivity index (χ3n) is 1.93. The molecule has 0 spiro atoms. The topological polar surface area (TPSA) is 74.8 Å². The Balaban J connectivity index is 2.74. The van der Waals surface area contributed by atoms with Gasteiger partial charge in [-0.25, -0.2) is 0 Å². The molecule has 0 bridgehead atoms. The van der Waals surface area contributed by atoms with Crippen molar-refractivity contribution in [1.82, 2.24) is 15.0 Å². The third kappa shape index (κ3) is 3.88. The number of rotatable bonds is 7. The fourth-order valence-corrected chi connectivity index (χ4v) is 1.12. The first-order valence-corrected chi connectivity index (χ1v) is 5.71. The average Bonchev–Trinajstić information content (AvgIpc) is 2.33. The van der Waals surface area contributed by atoms with E-state index in [1.165, 1.54) is 0 Å². The minimum absolute atomic E-state index is 0.576. The molecular formula is C10H20N6. The van der Waals surface area contributed by atoms with Crippen molar-refractivity contribution < 1.29 is 0 Å². The second-order valence-corrected chi connectivity index (χ2v) is 3.41. The third-order valence-corrected chi connectivity index (χ3v) is 1.93. The van der Waals surface area contributed by atoms with Crippen LogP contribution in [-0.2, 0) is 0 Å². The Morgan fingerprint density at radius 1 is 0.812 bits per heavy atom. The van der Waals surface area contributed by atoms with Gasteiger partial charge in [0.25, 0.3) is 0 Å². The van der Waals surface area contributed by atoms with E-state index < -0.39 is 0 Å². The molecular weight excluding hydrogens is 204 g/mol. The van der Waals surface area contributed by atoms with Gasteiger partial charge in [0.1, 0.15) is 0 Å². The SMILES string of the molecule is CCCNc1nc(NC)nc(NCCC)n1. The minimum atomic E-state index is 0.576. The molecule has 0 unspecified atom stereocenters. The summed E-state index contributed by atoms with van der Waals surface area (Å²) in [5.41, 5.74) is 0. The van der Waals surface area contributed by atoms with Crippen LogP contribution in [0.3, 0.4) is 0 Å². The van der Waals surface area contributed by atoms with Crippen LogP contribution >= 0.6 is 0 Å². The van der Waals surface area contributed by atoms with E-state index in [-0.39, 0.29) is 0 Å². The molecule has 1 rings (SSSR count). The first-order valence-electron chi connectivity index (χ1n) is 5.71. The number of hydrogen-bond donors (Lipinski definition) is 3. The van der Waals surface area contributed by atoms with Crippen LogP contribution in [0.25, 0.3) is 0 Å². The maximum Gasteiger partial charge on any atom is 0.229 e. The van der Waals surface area contributed by atoms with Gasteiger partial charge in [-0.1, -0.05) is 13.8 Å². The maximum absolute atomic E-state index is 4.27. The maximum atomic E-state index is 4.27. The predicted molar refractivity (Wildman–Crippen MR) is 66.9 cm³/mol. The molecule has 0 aromatic carbocycles. The number of aromatic nitrogens is 3. The van der Waals surface area contributed by atoms with Gasteiger partial charge < -0.3 is 16.0 Å². The summed E-state index contributed by atoms with van der Waals surface area (Å²) in [6.07, 6.45) is 2.08. The van der Waals surface area contributed by atoms with Gasteiger partial charge in [0, 0.05) is 20.1 Å². The zero-order valence-corrected chi connectivity index (χ0v) is 10.2. The molecule has 0 aliphatic heterocycles. The smallest absolute Gasteiger partial charge is 0.229 e. The van der Waals surface area contributed by atoms with E-state index >= 15 is 0 Å². The lowest BCUT2D eigenvalue weighted by Gasteiger charge is -2.08. The molecule has 6 nitrogen and oxygen atoms in total. The van der Waals surface area contributed by atoms with E-state index in [9.17, 15) is 0 Å². The Morgan fingerprint density at radius 2 is 1.25 bits per heavy atom. The van der Waals surface area contributed by atoms with Crippen molar-refractivity contribution in [3.63, 3.8) is 0 Å². The van der Waals surface area contributed by atoms with Crippen LogP contribution in [0.15, 0.2) is 0 Å². The molecule has 3 N–H and O–H groups in total. The van der Waals surface area contributed by atoms with Crippen molar-refractivity contribution in [2.45, 2.75) is 26.7 Å². The van der Waals surface area contributed by atoms with Crippen molar-refractivity contribution in [3.8, 4) is 0 Å². The number of nitrogens with zero attached hydrogens (tertiary/aromatic N) is 3. The van der Waals surface area contributed by atoms with Crippen LogP contribution in [0, 0.1) is 0 Å². The average molecular weight is 224 g/mol. The molecule has 0 saturated heterocycles. The fourth-order valence-electron chi connectivity index (χ4n) is 1.12. The Morgan fingerprint density at radius 3 is 1.62 bits per heavy atom. The quantitative estimate of drug-likeness (QED) is 0.652. The molecule has 1 aromatic heterocycles. The summed E-state index contributed by atoms with van der Waals surface area (Å²) in [7, 11) is 1.79. The summed E-state index contributed by atoms with van der Waals surface area (Å²) in [5.74, 6) is 1.80. The van der Waals surface area contributed by atoms with E-state index in [4.69, 9.17) is 0 Å². The molecule has 0 fully saturated rings. The van der Waals surface area contributed by atoms with Gasteiger partial charge in [0.15, 0.2) is 0 Å². The van der Waals surface area contributed by atoms with Crippen LogP contribution in [0.4, 0.5) is 17.8 Å². The normalized spacial score (nSPS) is 9.94. The molecule has 16 heavy (non-hydrogen) atoms. The van der Waals surface area contributed by atoms with Crippen molar-refractivity contribution in [1.29, 1.82) is 0 Å². The monoisotopic (exact) mass is 224 g/mol. The molecule has 6 heteroatoms. The molecule has 0 amide bonds. The lowest BCUT2D eigenvalue weighted by Crippen LogP contribution is -2.12. The lowest BCUT2D eigenvalue weighted by molar-refractivity contribution is 0.918. The second kappa shape index (κ2) is 6.81. The molecule has 0 atom stereocenters. The number of hydrogen-bond acceptors (Lipinski definition) is 6. The molecule has 90 valence electrons. The Bertz CT molecular complexity index is 288. The van der Waals surface area contributed by atoms with E-state index in [1.54, 1.807) is 7.05 Å². The molecule has 1 heterocycles. The van der Waals surface area contributed by atoms with Crippen LogP contribution in [-0.4, -0.2) is 35.1 Å². The van der Waals surface area contributed by atoms with Crippen LogP contribution in [0.5, 0.6) is 0 Å². The van der Waals surface area contributed by atoms with Crippen LogP contribution < -0.4 is 16.0 Å². The zero-order valence-electron chi connectivity index (χ0n) is 10.2. The van der Waals surface area contributed by atoms with Gasteiger partial charge in [0.2, 0.25) is 17.8 Å². The first kappa shape index (κ1) is 12.5. The minimum Gasteiger partial charge on any atom is -0.357 e. The van der Waals surface area contributed by atoms with Crippen LogP contribution in [0.2, 0.25) is 0 Å². The molecule has 0 saturated carbocycles. The Labute approximate surface area is 96.3 Å². The van der Waals surface area contributed by atoms with Crippen LogP contribution in [0.1, 0.15) is 26.7 Å².